The molecule has 0 bridgehead atoms. The van der Waals surface area contributed by atoms with E-state index in [1.54, 1.807) is 0 Å². The summed E-state index contributed by atoms with van der Waals surface area (Å²) in [7, 11) is -9.90. The largest absolute Gasteiger partial charge is 0.472 e. The average molecular weight is 1330 g/mol. The number of carbonyl (C=O) groups excluding carboxylic acids is 4. The smallest absolute Gasteiger partial charge is 0.462 e. The first-order chi connectivity index (χ1) is 43.4. The standard InChI is InChI=1S/C71H138O17P2/c1-7-10-12-14-16-17-23-31-37-43-49-55-70(75)87-66(59-81-68(73)53-47-41-33-15-13-11-8-2)61-85-89(77,78)83-57-65(72)58-84-90(79,80)86-62-67(60-82-69(74)54-48-42-36-30-27-26-29-35-40-46-52-64(6)9-3)88-71(76)56-50-44-38-32-25-22-20-18-19-21-24-28-34-39-45-51-63(4)5/h63-67,72H,7-62H2,1-6H3,(H,77,78)(H,79,80)/t64?,65-,66+,67+/m0/s1. The molecule has 0 aliphatic rings. The quantitative estimate of drug-likeness (QED) is 0.0222. The van der Waals surface area contributed by atoms with Crippen LogP contribution < -0.4 is 0 Å². The third-order valence-electron chi connectivity index (χ3n) is 16.8. The topological polar surface area (TPSA) is 237 Å². The Hall–Kier alpha value is -1.94. The van der Waals surface area contributed by atoms with Crippen LogP contribution in [0.25, 0.3) is 0 Å². The molecule has 90 heavy (non-hydrogen) atoms. The van der Waals surface area contributed by atoms with Crippen molar-refractivity contribution in [1.29, 1.82) is 0 Å². The molecule has 0 aromatic rings. The third-order valence-corrected chi connectivity index (χ3v) is 18.7. The molecule has 0 spiro atoms. The van der Waals surface area contributed by atoms with Crippen LogP contribution in [0.4, 0.5) is 0 Å². The first kappa shape index (κ1) is 88.1. The third kappa shape index (κ3) is 63.5. The van der Waals surface area contributed by atoms with Gasteiger partial charge in [-0.15, -0.1) is 0 Å². The second kappa shape index (κ2) is 63.1. The van der Waals surface area contributed by atoms with Crippen molar-refractivity contribution >= 4 is 39.5 Å². The lowest BCUT2D eigenvalue weighted by molar-refractivity contribution is -0.161. The van der Waals surface area contributed by atoms with Crippen LogP contribution in [0.3, 0.4) is 0 Å². The summed E-state index contributed by atoms with van der Waals surface area (Å²) in [4.78, 5) is 72.4. The maximum atomic E-state index is 13.0. The number of phosphoric acid groups is 2. The number of rotatable bonds is 70. The second-order valence-corrected chi connectivity index (χ2v) is 29.3. The van der Waals surface area contributed by atoms with Gasteiger partial charge >= 0.3 is 39.5 Å². The average Bonchev–Trinajstić information content (AvgIpc) is 3.72. The number of carbonyl (C=O) groups is 4. The molecule has 0 aliphatic carbocycles. The van der Waals surface area contributed by atoms with E-state index in [1.165, 1.54) is 167 Å². The van der Waals surface area contributed by atoms with E-state index in [4.69, 9.17) is 37.0 Å². The van der Waals surface area contributed by atoms with Crippen molar-refractivity contribution in [2.75, 3.05) is 39.6 Å². The van der Waals surface area contributed by atoms with Gasteiger partial charge in [-0.2, -0.15) is 0 Å². The fourth-order valence-electron chi connectivity index (χ4n) is 10.7. The molecule has 3 N–H and O–H groups in total. The van der Waals surface area contributed by atoms with Crippen LogP contribution in [-0.2, 0) is 65.4 Å². The Bertz CT molecular complexity index is 1750. The zero-order valence-electron chi connectivity index (χ0n) is 58.4. The van der Waals surface area contributed by atoms with Crippen LogP contribution >= 0.6 is 15.6 Å². The van der Waals surface area contributed by atoms with Crippen molar-refractivity contribution in [2.24, 2.45) is 11.8 Å². The number of aliphatic hydroxyl groups excluding tert-OH is 1. The molecule has 0 radical (unpaired) electrons. The van der Waals surface area contributed by atoms with E-state index in [-0.39, 0.29) is 25.7 Å². The van der Waals surface area contributed by atoms with Crippen molar-refractivity contribution in [1.82, 2.24) is 0 Å². The van der Waals surface area contributed by atoms with Gasteiger partial charge in [0.25, 0.3) is 0 Å². The van der Waals surface area contributed by atoms with Crippen molar-refractivity contribution < 1.29 is 80.2 Å². The van der Waals surface area contributed by atoms with Crippen LogP contribution in [-0.4, -0.2) is 96.7 Å². The van der Waals surface area contributed by atoms with Crippen molar-refractivity contribution in [3.63, 3.8) is 0 Å². The van der Waals surface area contributed by atoms with Gasteiger partial charge in [0, 0.05) is 25.7 Å². The molecule has 534 valence electrons. The lowest BCUT2D eigenvalue weighted by Gasteiger charge is -2.21. The summed E-state index contributed by atoms with van der Waals surface area (Å²) < 4.78 is 68.2. The number of hydrogen-bond donors (Lipinski definition) is 3. The number of ether oxygens (including phenoxy) is 4. The van der Waals surface area contributed by atoms with Gasteiger partial charge in [0.15, 0.2) is 12.2 Å². The Morgan fingerprint density at radius 1 is 0.322 bits per heavy atom. The summed E-state index contributed by atoms with van der Waals surface area (Å²) in [5, 5.41) is 10.6. The fourth-order valence-corrected chi connectivity index (χ4v) is 12.3. The summed E-state index contributed by atoms with van der Waals surface area (Å²) in [6.07, 6.45) is 48.6. The predicted octanol–water partition coefficient (Wildman–Crippen LogP) is 20.4. The van der Waals surface area contributed by atoms with Crippen LogP contribution in [0.1, 0.15) is 363 Å². The van der Waals surface area contributed by atoms with E-state index in [2.05, 4.69) is 41.5 Å². The molecule has 0 amide bonds. The highest BCUT2D eigenvalue weighted by molar-refractivity contribution is 7.47. The van der Waals surface area contributed by atoms with Crippen LogP contribution in [0.15, 0.2) is 0 Å². The molecule has 0 saturated carbocycles. The first-order valence-corrected chi connectivity index (χ1v) is 40.0. The minimum atomic E-state index is -4.95. The van der Waals surface area contributed by atoms with Gasteiger partial charge in [-0.3, -0.25) is 37.3 Å². The SMILES string of the molecule is CCCCCCCCCCCCCC(=O)O[C@H](COC(=O)CCCCCCCCC)COP(=O)(O)OC[C@H](O)COP(=O)(O)OC[C@@H](COC(=O)CCCCCCCCCCCCC(C)CC)OC(=O)CCCCCCCCCCCCCCCCCC(C)C. The van der Waals surface area contributed by atoms with Crippen LogP contribution in [0.2, 0.25) is 0 Å². The molecule has 0 heterocycles. The predicted molar refractivity (Wildman–Crippen MR) is 363 cm³/mol. The first-order valence-electron chi connectivity index (χ1n) is 37.0. The highest BCUT2D eigenvalue weighted by Crippen LogP contribution is 2.45. The lowest BCUT2D eigenvalue weighted by atomic mass is 9.99. The maximum absolute atomic E-state index is 13.0. The molecule has 3 unspecified atom stereocenters. The van der Waals surface area contributed by atoms with Crippen LogP contribution in [0, 0.1) is 11.8 Å². The Morgan fingerprint density at radius 2 is 0.567 bits per heavy atom. The molecule has 0 saturated heterocycles. The van der Waals surface area contributed by atoms with E-state index < -0.39 is 97.5 Å². The van der Waals surface area contributed by atoms with Crippen molar-refractivity contribution in [3.8, 4) is 0 Å². The van der Waals surface area contributed by atoms with Crippen molar-refractivity contribution in [2.45, 2.75) is 381 Å². The molecule has 19 heteroatoms. The van der Waals surface area contributed by atoms with Gasteiger partial charge in [-0.1, -0.05) is 311 Å². The Labute approximate surface area is 549 Å². The highest BCUT2D eigenvalue weighted by atomic mass is 31.2. The van der Waals surface area contributed by atoms with Gasteiger partial charge in [-0.25, -0.2) is 9.13 Å². The van der Waals surface area contributed by atoms with E-state index in [9.17, 15) is 43.2 Å². The molecule has 0 aromatic heterocycles. The van der Waals surface area contributed by atoms with Crippen molar-refractivity contribution in [3.05, 3.63) is 0 Å². The van der Waals surface area contributed by atoms with Gasteiger partial charge < -0.3 is 33.8 Å². The zero-order chi connectivity index (χ0) is 66.5. The van der Waals surface area contributed by atoms with Gasteiger partial charge in [0.1, 0.15) is 19.3 Å². The van der Waals surface area contributed by atoms with Gasteiger partial charge in [0.2, 0.25) is 0 Å². The number of hydrogen-bond acceptors (Lipinski definition) is 15. The molecular formula is C71H138O17P2. The molecule has 17 nitrogen and oxygen atoms in total. The molecule has 0 aliphatic heterocycles. The monoisotopic (exact) mass is 1320 g/mol. The Balaban J connectivity index is 5.20. The van der Waals surface area contributed by atoms with E-state index in [1.807, 2.05) is 0 Å². The summed E-state index contributed by atoms with van der Waals surface area (Å²) in [6.45, 7) is 9.57. The molecule has 0 aromatic carbocycles. The highest BCUT2D eigenvalue weighted by Gasteiger charge is 2.30. The normalized spacial score (nSPS) is 14.4. The second-order valence-electron chi connectivity index (χ2n) is 26.3. The summed E-state index contributed by atoms with van der Waals surface area (Å²) in [6, 6.07) is 0. The fraction of sp³-hybridized carbons (Fsp3) is 0.944. The van der Waals surface area contributed by atoms with Gasteiger partial charge in [0.05, 0.1) is 26.4 Å². The minimum absolute atomic E-state index is 0.106. The number of phosphoric ester groups is 2. The maximum Gasteiger partial charge on any atom is 0.472 e. The molecule has 0 rings (SSSR count). The number of esters is 4. The summed E-state index contributed by atoms with van der Waals surface area (Å²) in [5.74, 6) is -0.514. The number of aliphatic hydroxyl groups is 1. The number of unbranched alkanes of at least 4 members (excludes halogenated alkanes) is 39. The summed E-state index contributed by atoms with van der Waals surface area (Å²) >= 11 is 0. The van der Waals surface area contributed by atoms with E-state index >= 15 is 0 Å². The molecule has 6 atom stereocenters. The van der Waals surface area contributed by atoms with E-state index in [0.29, 0.717) is 25.7 Å². The molecular weight excluding hydrogens is 1190 g/mol. The van der Waals surface area contributed by atoms with Crippen LogP contribution in [0.5, 0.6) is 0 Å². The minimum Gasteiger partial charge on any atom is -0.462 e. The lowest BCUT2D eigenvalue weighted by Crippen LogP contribution is -2.30. The molecule has 0 fully saturated rings. The summed E-state index contributed by atoms with van der Waals surface area (Å²) in [5.41, 5.74) is 0. The van der Waals surface area contributed by atoms with E-state index in [0.717, 1.165) is 115 Å². The van der Waals surface area contributed by atoms with Gasteiger partial charge in [-0.05, 0) is 37.5 Å². The zero-order valence-corrected chi connectivity index (χ0v) is 60.2. The Morgan fingerprint density at radius 3 is 0.844 bits per heavy atom. The Kier molecular flexibility index (Phi) is 61.8.